The van der Waals surface area contributed by atoms with Crippen LogP contribution in [0.4, 0.5) is 0 Å². The van der Waals surface area contributed by atoms with Gasteiger partial charge in [0.25, 0.3) is 5.91 Å². The van der Waals surface area contributed by atoms with E-state index < -0.39 is 0 Å². The van der Waals surface area contributed by atoms with Crippen molar-refractivity contribution in [2.24, 2.45) is 11.7 Å². The van der Waals surface area contributed by atoms with E-state index >= 15 is 0 Å². The zero-order valence-electron chi connectivity index (χ0n) is 11.9. The minimum Gasteiger partial charge on any atom is -0.349 e. The number of nitrogens with one attached hydrogen (secondary N) is 1. The molecule has 2 atom stereocenters. The lowest BCUT2D eigenvalue weighted by Crippen LogP contribution is -2.44. The van der Waals surface area contributed by atoms with Crippen molar-refractivity contribution in [1.29, 1.82) is 0 Å². The summed E-state index contributed by atoms with van der Waals surface area (Å²) in [5, 5.41) is 6.37. The van der Waals surface area contributed by atoms with Crippen LogP contribution in [0.2, 0.25) is 0 Å². The molecule has 0 aliphatic heterocycles. The van der Waals surface area contributed by atoms with Crippen molar-refractivity contribution >= 4 is 39.7 Å². The van der Waals surface area contributed by atoms with Crippen LogP contribution in [0.25, 0.3) is 10.1 Å². The third-order valence-corrected chi connectivity index (χ3v) is 5.14. The molecule has 1 aromatic heterocycles. The van der Waals surface area contributed by atoms with Crippen molar-refractivity contribution in [3.05, 3.63) is 35.2 Å². The van der Waals surface area contributed by atoms with E-state index in [4.69, 9.17) is 5.73 Å². The molecule has 2 aromatic rings. The van der Waals surface area contributed by atoms with Gasteiger partial charge in [-0.1, -0.05) is 12.8 Å². The zero-order chi connectivity index (χ0) is 13.9. The topological polar surface area (TPSA) is 55.1 Å². The second-order valence-corrected chi connectivity index (χ2v) is 6.48. The van der Waals surface area contributed by atoms with Crippen LogP contribution in [-0.4, -0.2) is 18.5 Å². The molecule has 1 amide bonds. The number of carbonyl (C=O) groups is 1. The predicted molar refractivity (Wildman–Crippen MR) is 91.3 cm³/mol. The normalized spacial score (nSPS) is 21.8. The number of fused-ring (bicyclic) bond motifs is 1. The number of hydrogen-bond donors (Lipinski definition) is 2. The molecule has 0 spiro atoms. The SMILES string of the molecule is Cl.NCC1CCCCC1NC(=O)c1ccc2sccc2c1. The first-order valence-electron chi connectivity index (χ1n) is 7.26. The average molecular weight is 325 g/mol. The summed E-state index contributed by atoms with van der Waals surface area (Å²) in [7, 11) is 0. The van der Waals surface area contributed by atoms with E-state index in [1.54, 1.807) is 11.3 Å². The van der Waals surface area contributed by atoms with E-state index in [1.807, 2.05) is 18.2 Å². The number of carbonyl (C=O) groups excluding carboxylic acids is 1. The zero-order valence-corrected chi connectivity index (χ0v) is 13.5. The van der Waals surface area contributed by atoms with Crippen LogP contribution in [0.5, 0.6) is 0 Å². The van der Waals surface area contributed by atoms with Gasteiger partial charge in [-0.05, 0) is 60.3 Å². The van der Waals surface area contributed by atoms with Gasteiger partial charge in [0.2, 0.25) is 0 Å². The van der Waals surface area contributed by atoms with Crippen molar-refractivity contribution in [3.63, 3.8) is 0 Å². The monoisotopic (exact) mass is 324 g/mol. The average Bonchev–Trinajstić information content (AvgIpc) is 2.95. The van der Waals surface area contributed by atoms with Gasteiger partial charge in [-0.25, -0.2) is 0 Å². The van der Waals surface area contributed by atoms with Crippen molar-refractivity contribution in [3.8, 4) is 0 Å². The molecular weight excluding hydrogens is 304 g/mol. The van der Waals surface area contributed by atoms with Crippen LogP contribution in [0, 0.1) is 5.92 Å². The summed E-state index contributed by atoms with van der Waals surface area (Å²) >= 11 is 1.70. The Labute approximate surface area is 135 Å². The second-order valence-electron chi connectivity index (χ2n) is 5.53. The number of benzene rings is 1. The van der Waals surface area contributed by atoms with E-state index in [1.165, 1.54) is 17.5 Å². The summed E-state index contributed by atoms with van der Waals surface area (Å²) in [6.07, 6.45) is 4.60. The maximum atomic E-state index is 12.4. The summed E-state index contributed by atoms with van der Waals surface area (Å²) in [6.45, 7) is 0.661. The molecule has 0 saturated heterocycles. The summed E-state index contributed by atoms with van der Waals surface area (Å²) < 4.78 is 1.22. The van der Waals surface area contributed by atoms with Gasteiger partial charge in [0.05, 0.1) is 0 Å². The van der Waals surface area contributed by atoms with Crippen molar-refractivity contribution < 1.29 is 4.79 Å². The van der Waals surface area contributed by atoms with Crippen LogP contribution >= 0.6 is 23.7 Å². The van der Waals surface area contributed by atoms with Crippen LogP contribution < -0.4 is 11.1 Å². The Morgan fingerprint density at radius 2 is 2.10 bits per heavy atom. The molecular formula is C16H21ClN2OS. The molecule has 3 nitrogen and oxygen atoms in total. The molecule has 1 fully saturated rings. The lowest BCUT2D eigenvalue weighted by atomic mass is 9.84. The van der Waals surface area contributed by atoms with Crippen molar-refractivity contribution in [1.82, 2.24) is 5.32 Å². The third-order valence-electron chi connectivity index (χ3n) is 4.24. The minimum absolute atomic E-state index is 0. The first-order chi connectivity index (χ1) is 9.78. The molecule has 0 bridgehead atoms. The maximum absolute atomic E-state index is 12.4. The fourth-order valence-corrected chi connectivity index (χ4v) is 3.81. The van der Waals surface area contributed by atoms with E-state index in [0.29, 0.717) is 12.5 Å². The van der Waals surface area contributed by atoms with E-state index in [2.05, 4.69) is 16.8 Å². The van der Waals surface area contributed by atoms with E-state index in [0.717, 1.165) is 23.8 Å². The first-order valence-corrected chi connectivity index (χ1v) is 8.14. The predicted octanol–water partition coefficient (Wildman–Crippen LogP) is 3.57. The highest BCUT2D eigenvalue weighted by Crippen LogP contribution is 2.25. The van der Waals surface area contributed by atoms with Crippen molar-refractivity contribution in [2.75, 3.05) is 6.54 Å². The van der Waals surface area contributed by atoms with Gasteiger partial charge in [-0.2, -0.15) is 0 Å². The van der Waals surface area contributed by atoms with Crippen LogP contribution in [0.3, 0.4) is 0 Å². The maximum Gasteiger partial charge on any atom is 0.251 e. The Morgan fingerprint density at radius 1 is 1.29 bits per heavy atom. The number of hydrogen-bond acceptors (Lipinski definition) is 3. The van der Waals surface area contributed by atoms with Gasteiger partial charge >= 0.3 is 0 Å². The molecule has 1 heterocycles. The fourth-order valence-electron chi connectivity index (χ4n) is 3.04. The number of amides is 1. The smallest absolute Gasteiger partial charge is 0.251 e. The second kappa shape index (κ2) is 7.25. The van der Waals surface area contributed by atoms with Gasteiger partial charge in [-0.3, -0.25) is 4.79 Å². The van der Waals surface area contributed by atoms with Gasteiger partial charge < -0.3 is 11.1 Å². The van der Waals surface area contributed by atoms with Crippen LogP contribution in [0.1, 0.15) is 36.0 Å². The summed E-state index contributed by atoms with van der Waals surface area (Å²) in [6, 6.07) is 8.20. The van der Waals surface area contributed by atoms with E-state index in [9.17, 15) is 4.79 Å². The molecule has 5 heteroatoms. The van der Waals surface area contributed by atoms with Gasteiger partial charge in [-0.15, -0.1) is 23.7 Å². The summed E-state index contributed by atoms with van der Waals surface area (Å²) in [4.78, 5) is 12.4. The number of thiophene rings is 1. The third kappa shape index (κ3) is 3.57. The molecule has 2 unspecified atom stereocenters. The lowest BCUT2D eigenvalue weighted by molar-refractivity contribution is 0.0908. The van der Waals surface area contributed by atoms with Gasteiger partial charge in [0, 0.05) is 16.3 Å². The highest BCUT2D eigenvalue weighted by Gasteiger charge is 2.25. The molecule has 21 heavy (non-hydrogen) atoms. The molecule has 3 N–H and O–H groups in total. The Hall–Kier alpha value is -1.10. The largest absolute Gasteiger partial charge is 0.349 e. The number of halogens is 1. The van der Waals surface area contributed by atoms with E-state index in [-0.39, 0.29) is 24.4 Å². The standard InChI is InChI=1S/C16H20N2OS.ClH/c17-10-13-3-1-2-4-14(13)18-16(19)12-5-6-15-11(9-12)7-8-20-15;/h5-9,13-14H,1-4,10,17H2,(H,18,19);1H. The van der Waals surface area contributed by atoms with Gasteiger partial charge in [0.1, 0.15) is 0 Å². The summed E-state index contributed by atoms with van der Waals surface area (Å²) in [5.74, 6) is 0.459. The minimum atomic E-state index is 0. The quantitative estimate of drug-likeness (QED) is 0.906. The fraction of sp³-hybridized carbons (Fsp3) is 0.438. The molecule has 3 rings (SSSR count). The molecule has 114 valence electrons. The Kier molecular flexibility index (Phi) is 5.62. The number of rotatable bonds is 3. The number of nitrogens with two attached hydrogens (primary N) is 1. The van der Waals surface area contributed by atoms with Crippen molar-refractivity contribution in [2.45, 2.75) is 31.7 Å². The van der Waals surface area contributed by atoms with Crippen LogP contribution in [0.15, 0.2) is 29.6 Å². The lowest BCUT2D eigenvalue weighted by Gasteiger charge is -2.31. The highest BCUT2D eigenvalue weighted by molar-refractivity contribution is 7.17. The Morgan fingerprint density at radius 3 is 2.90 bits per heavy atom. The Balaban J connectivity index is 0.00000161. The molecule has 1 aliphatic rings. The highest BCUT2D eigenvalue weighted by atomic mass is 35.5. The molecule has 1 aliphatic carbocycles. The summed E-state index contributed by atoms with van der Waals surface area (Å²) in [5.41, 5.74) is 6.57. The van der Waals surface area contributed by atoms with Gasteiger partial charge in [0.15, 0.2) is 0 Å². The molecule has 0 radical (unpaired) electrons. The first kappa shape index (κ1) is 16.3. The molecule has 1 saturated carbocycles. The van der Waals surface area contributed by atoms with Crippen LogP contribution in [-0.2, 0) is 0 Å². The molecule has 1 aromatic carbocycles. The Bertz CT molecular complexity index is 613.